The largest absolute Gasteiger partial charge is 0.416 e. The third kappa shape index (κ3) is 4.94. The first-order chi connectivity index (χ1) is 11.3. The summed E-state index contributed by atoms with van der Waals surface area (Å²) in [4.78, 5) is 11.8. The zero-order chi connectivity index (χ0) is 17.7. The van der Waals surface area contributed by atoms with E-state index in [4.69, 9.17) is 0 Å². The molecule has 2 aromatic rings. The van der Waals surface area contributed by atoms with E-state index in [9.17, 15) is 22.4 Å². The molecule has 0 fully saturated rings. The second-order valence-electron chi connectivity index (χ2n) is 5.23. The van der Waals surface area contributed by atoms with Gasteiger partial charge in [0.25, 0.3) is 0 Å². The van der Waals surface area contributed by atoms with Gasteiger partial charge in [-0.3, -0.25) is 4.79 Å². The summed E-state index contributed by atoms with van der Waals surface area (Å²) in [5.74, 6) is -0.758. The van der Waals surface area contributed by atoms with Crippen molar-refractivity contribution in [3.63, 3.8) is 0 Å². The van der Waals surface area contributed by atoms with Crippen LogP contribution in [-0.4, -0.2) is 5.91 Å². The maximum absolute atomic E-state index is 12.9. The Hall–Kier alpha value is -2.63. The Morgan fingerprint density at radius 2 is 1.62 bits per heavy atom. The molecular weight excluding hydrogens is 322 g/mol. The number of hydrogen-bond donors (Lipinski definition) is 1. The smallest absolute Gasteiger partial charge is 0.346 e. The molecule has 1 atom stereocenters. The van der Waals surface area contributed by atoms with E-state index in [0.717, 1.165) is 17.7 Å². The average Bonchev–Trinajstić information content (AvgIpc) is 2.53. The second-order valence-corrected chi connectivity index (χ2v) is 5.23. The van der Waals surface area contributed by atoms with Crippen LogP contribution in [0.4, 0.5) is 17.6 Å². The van der Waals surface area contributed by atoms with E-state index in [1.807, 2.05) is 0 Å². The van der Waals surface area contributed by atoms with E-state index in [1.165, 1.54) is 36.4 Å². The van der Waals surface area contributed by atoms with E-state index in [-0.39, 0.29) is 11.9 Å². The Balaban J connectivity index is 1.96. The van der Waals surface area contributed by atoms with Gasteiger partial charge in [0.15, 0.2) is 0 Å². The molecule has 0 aromatic heterocycles. The van der Waals surface area contributed by atoms with E-state index >= 15 is 0 Å². The van der Waals surface area contributed by atoms with Gasteiger partial charge in [-0.2, -0.15) is 13.2 Å². The van der Waals surface area contributed by atoms with Crippen LogP contribution >= 0.6 is 0 Å². The molecule has 0 saturated heterocycles. The van der Waals surface area contributed by atoms with Crippen molar-refractivity contribution in [2.75, 3.05) is 0 Å². The van der Waals surface area contributed by atoms with Crippen LogP contribution in [0.25, 0.3) is 6.08 Å². The van der Waals surface area contributed by atoms with Crippen molar-refractivity contribution in [3.05, 3.63) is 77.1 Å². The summed E-state index contributed by atoms with van der Waals surface area (Å²) in [7, 11) is 0. The predicted molar refractivity (Wildman–Crippen MR) is 83.4 cm³/mol. The zero-order valence-corrected chi connectivity index (χ0v) is 12.8. The van der Waals surface area contributed by atoms with Crippen molar-refractivity contribution in [1.82, 2.24) is 5.32 Å². The van der Waals surface area contributed by atoms with Crippen molar-refractivity contribution in [1.29, 1.82) is 0 Å². The van der Waals surface area contributed by atoms with Crippen molar-refractivity contribution in [2.24, 2.45) is 0 Å². The number of hydrogen-bond acceptors (Lipinski definition) is 1. The van der Waals surface area contributed by atoms with Crippen LogP contribution in [0, 0.1) is 5.82 Å². The topological polar surface area (TPSA) is 29.1 Å². The summed E-state index contributed by atoms with van der Waals surface area (Å²) in [5, 5.41) is 2.69. The lowest BCUT2D eigenvalue weighted by Gasteiger charge is -2.12. The van der Waals surface area contributed by atoms with Crippen LogP contribution in [0.2, 0.25) is 0 Å². The quantitative estimate of drug-likeness (QED) is 0.634. The molecule has 0 heterocycles. The highest BCUT2D eigenvalue weighted by atomic mass is 19.4. The molecule has 0 unspecified atom stereocenters. The molecule has 2 aromatic carbocycles. The molecule has 1 amide bonds. The van der Waals surface area contributed by atoms with Gasteiger partial charge in [-0.25, -0.2) is 4.39 Å². The van der Waals surface area contributed by atoms with Crippen LogP contribution in [0.15, 0.2) is 54.6 Å². The predicted octanol–water partition coefficient (Wildman–Crippen LogP) is 4.74. The Bertz CT molecular complexity index is 718. The molecule has 2 nitrogen and oxygen atoms in total. The maximum atomic E-state index is 12.9. The second kappa shape index (κ2) is 7.29. The third-order valence-corrected chi connectivity index (χ3v) is 3.39. The van der Waals surface area contributed by atoms with Gasteiger partial charge in [0.05, 0.1) is 11.6 Å². The normalized spacial score (nSPS) is 13.0. The van der Waals surface area contributed by atoms with Crippen molar-refractivity contribution >= 4 is 12.0 Å². The van der Waals surface area contributed by atoms with Crippen LogP contribution in [-0.2, 0) is 11.0 Å². The van der Waals surface area contributed by atoms with Gasteiger partial charge >= 0.3 is 6.18 Å². The fraction of sp³-hybridized carbons (Fsp3) is 0.167. The molecule has 2 rings (SSSR count). The number of carbonyl (C=O) groups is 1. The highest BCUT2D eigenvalue weighted by molar-refractivity contribution is 5.91. The van der Waals surface area contributed by atoms with E-state index in [2.05, 4.69) is 5.32 Å². The SMILES string of the molecule is C[C@@H](NC(=O)/C=C/c1ccc(C(F)(F)F)cc1)c1ccc(F)cc1. The summed E-state index contributed by atoms with van der Waals surface area (Å²) in [6.45, 7) is 1.75. The molecule has 0 saturated carbocycles. The lowest BCUT2D eigenvalue weighted by molar-refractivity contribution is -0.137. The number of halogens is 4. The van der Waals surface area contributed by atoms with Gasteiger partial charge in [-0.1, -0.05) is 24.3 Å². The fourth-order valence-corrected chi connectivity index (χ4v) is 2.05. The number of nitrogens with one attached hydrogen (secondary N) is 1. The first-order valence-electron chi connectivity index (χ1n) is 7.17. The van der Waals surface area contributed by atoms with Crippen LogP contribution in [0.5, 0.6) is 0 Å². The third-order valence-electron chi connectivity index (χ3n) is 3.39. The summed E-state index contributed by atoms with van der Waals surface area (Å²) >= 11 is 0. The van der Waals surface area contributed by atoms with Gasteiger partial charge < -0.3 is 5.32 Å². The molecular formula is C18H15F4NO. The van der Waals surface area contributed by atoms with Crippen molar-refractivity contribution in [2.45, 2.75) is 19.1 Å². The molecule has 126 valence electrons. The maximum Gasteiger partial charge on any atom is 0.416 e. The number of benzene rings is 2. The minimum Gasteiger partial charge on any atom is -0.346 e. The summed E-state index contributed by atoms with van der Waals surface area (Å²) in [6, 6.07) is 9.91. The molecule has 0 aliphatic rings. The first kappa shape index (κ1) is 17.7. The molecule has 0 spiro atoms. The number of alkyl halides is 3. The van der Waals surface area contributed by atoms with Crippen LogP contribution < -0.4 is 5.32 Å². The lowest BCUT2D eigenvalue weighted by Crippen LogP contribution is -2.24. The summed E-state index contributed by atoms with van der Waals surface area (Å²) in [5.41, 5.74) is 0.481. The molecule has 24 heavy (non-hydrogen) atoms. The number of carbonyl (C=O) groups excluding carboxylic acids is 1. The highest BCUT2D eigenvalue weighted by Gasteiger charge is 2.29. The number of rotatable bonds is 4. The Morgan fingerprint density at radius 1 is 1.04 bits per heavy atom. The minimum absolute atomic E-state index is 0.324. The molecule has 0 radical (unpaired) electrons. The summed E-state index contributed by atoms with van der Waals surface area (Å²) in [6.07, 6.45) is -1.72. The molecule has 1 N–H and O–H groups in total. The fourth-order valence-electron chi connectivity index (χ4n) is 2.05. The lowest BCUT2D eigenvalue weighted by atomic mass is 10.1. The van der Waals surface area contributed by atoms with Crippen molar-refractivity contribution < 1.29 is 22.4 Å². The standard InChI is InChI=1S/C18H15F4NO/c1-12(14-5-9-16(19)10-6-14)23-17(24)11-4-13-2-7-15(8-3-13)18(20,21)22/h2-12H,1H3,(H,23,24)/b11-4+/t12-/m1/s1. The van der Waals surface area contributed by atoms with Crippen LogP contribution in [0.1, 0.15) is 29.7 Å². The highest BCUT2D eigenvalue weighted by Crippen LogP contribution is 2.29. The Morgan fingerprint density at radius 3 is 2.17 bits per heavy atom. The minimum atomic E-state index is -4.38. The van der Waals surface area contributed by atoms with Gasteiger partial charge in [-0.15, -0.1) is 0 Å². The zero-order valence-electron chi connectivity index (χ0n) is 12.8. The van der Waals surface area contributed by atoms with E-state index < -0.39 is 17.6 Å². The average molecular weight is 337 g/mol. The monoisotopic (exact) mass is 337 g/mol. The molecule has 6 heteroatoms. The molecule has 0 bridgehead atoms. The van der Waals surface area contributed by atoms with Crippen LogP contribution in [0.3, 0.4) is 0 Å². The van der Waals surface area contributed by atoms with E-state index in [1.54, 1.807) is 19.1 Å². The Labute approximate surface area is 136 Å². The Kier molecular flexibility index (Phi) is 5.39. The van der Waals surface area contributed by atoms with Gasteiger partial charge in [-0.05, 0) is 48.4 Å². The van der Waals surface area contributed by atoms with Gasteiger partial charge in [0.1, 0.15) is 5.82 Å². The number of amides is 1. The molecule has 0 aliphatic carbocycles. The van der Waals surface area contributed by atoms with Gasteiger partial charge in [0.2, 0.25) is 5.91 Å². The van der Waals surface area contributed by atoms with Crippen molar-refractivity contribution in [3.8, 4) is 0 Å². The molecule has 0 aliphatic heterocycles. The summed E-state index contributed by atoms with van der Waals surface area (Å²) < 4.78 is 50.2. The van der Waals surface area contributed by atoms with Gasteiger partial charge in [0, 0.05) is 6.08 Å². The first-order valence-corrected chi connectivity index (χ1v) is 7.17. The van der Waals surface area contributed by atoms with E-state index in [0.29, 0.717) is 5.56 Å².